The predicted molar refractivity (Wildman–Crippen MR) is 89.7 cm³/mol. The van der Waals surface area contributed by atoms with Crippen LogP contribution in [0.1, 0.15) is 31.7 Å². The Morgan fingerprint density at radius 2 is 1.86 bits per heavy atom. The Kier molecular flexibility index (Phi) is 6.13. The summed E-state index contributed by atoms with van der Waals surface area (Å²) in [5, 5.41) is 0. The van der Waals surface area contributed by atoms with E-state index in [9.17, 15) is 4.79 Å². The molecule has 0 aliphatic rings. The normalized spacial score (nSPS) is 10.5. The summed E-state index contributed by atoms with van der Waals surface area (Å²) in [4.78, 5) is 14.3. The molecular formula is C19H25N2O+. The van der Waals surface area contributed by atoms with E-state index in [0.29, 0.717) is 6.42 Å². The highest BCUT2D eigenvalue weighted by Gasteiger charge is 2.13. The molecule has 0 fully saturated rings. The molecule has 1 aromatic carbocycles. The van der Waals surface area contributed by atoms with Crippen LogP contribution in [0.15, 0.2) is 54.9 Å². The third-order valence-electron chi connectivity index (χ3n) is 3.76. The quantitative estimate of drug-likeness (QED) is 0.567. The first-order valence-electron chi connectivity index (χ1n) is 8.02. The van der Waals surface area contributed by atoms with Crippen LogP contribution >= 0.6 is 0 Å². The Bertz CT molecular complexity index is 595. The smallest absolute Gasteiger partial charge is 0.226 e. The number of aryl methyl sites for hydroxylation is 2. The van der Waals surface area contributed by atoms with Gasteiger partial charge in [0, 0.05) is 37.2 Å². The fourth-order valence-electron chi connectivity index (χ4n) is 2.59. The fraction of sp³-hybridized carbons (Fsp3) is 0.368. The van der Waals surface area contributed by atoms with Crippen LogP contribution in [0.5, 0.6) is 0 Å². The van der Waals surface area contributed by atoms with Gasteiger partial charge in [0.1, 0.15) is 6.54 Å². The van der Waals surface area contributed by atoms with Gasteiger partial charge in [0.25, 0.3) is 0 Å². The summed E-state index contributed by atoms with van der Waals surface area (Å²) in [7, 11) is 0. The maximum Gasteiger partial charge on any atom is 0.226 e. The number of nitrogens with zero attached hydrogens (tertiary/aromatic N) is 2. The minimum atomic E-state index is 0.214. The van der Waals surface area contributed by atoms with E-state index in [1.165, 1.54) is 5.56 Å². The number of aromatic nitrogens is 1. The molecule has 116 valence electrons. The van der Waals surface area contributed by atoms with Crippen LogP contribution < -0.4 is 9.47 Å². The number of carbonyl (C=O) groups excluding carboxylic acids is 1. The molecule has 0 radical (unpaired) electrons. The molecule has 0 unspecified atom stereocenters. The predicted octanol–water partition coefficient (Wildman–Crippen LogP) is 3.51. The van der Waals surface area contributed by atoms with E-state index in [1.54, 1.807) is 0 Å². The van der Waals surface area contributed by atoms with Crippen molar-refractivity contribution in [3.8, 4) is 0 Å². The number of amides is 1. The van der Waals surface area contributed by atoms with E-state index < -0.39 is 0 Å². The minimum Gasteiger partial charge on any atom is -0.313 e. The van der Waals surface area contributed by atoms with Crippen molar-refractivity contribution in [2.24, 2.45) is 0 Å². The molecule has 3 nitrogen and oxygen atoms in total. The van der Waals surface area contributed by atoms with E-state index in [1.807, 2.05) is 42.2 Å². The standard InChI is InChI=1S/C19H25N2O/c1-3-21(18-11-9-10-17(2)16-18)19(22)12-5-8-15-20-13-6-4-7-14-20/h4,6-7,9-11,13-14,16H,3,5,8,12,15H2,1-2H3/q+1. The molecule has 0 atom stereocenters. The Labute approximate surface area is 133 Å². The first-order valence-corrected chi connectivity index (χ1v) is 8.02. The van der Waals surface area contributed by atoms with Crippen molar-refractivity contribution in [2.75, 3.05) is 11.4 Å². The molecule has 1 amide bonds. The van der Waals surface area contributed by atoms with Gasteiger partial charge in [-0.25, -0.2) is 4.57 Å². The zero-order valence-corrected chi connectivity index (χ0v) is 13.5. The van der Waals surface area contributed by atoms with Gasteiger partial charge in [-0.3, -0.25) is 4.79 Å². The van der Waals surface area contributed by atoms with Gasteiger partial charge in [-0.2, -0.15) is 0 Å². The highest BCUT2D eigenvalue weighted by Crippen LogP contribution is 2.17. The second-order valence-electron chi connectivity index (χ2n) is 5.55. The minimum absolute atomic E-state index is 0.214. The van der Waals surface area contributed by atoms with Gasteiger partial charge in [0.05, 0.1) is 0 Å². The lowest BCUT2D eigenvalue weighted by atomic mass is 10.1. The van der Waals surface area contributed by atoms with Crippen molar-refractivity contribution in [3.63, 3.8) is 0 Å². The number of carbonyl (C=O) groups is 1. The number of anilines is 1. The summed E-state index contributed by atoms with van der Waals surface area (Å²) >= 11 is 0. The molecule has 0 aliphatic heterocycles. The Morgan fingerprint density at radius 1 is 1.09 bits per heavy atom. The van der Waals surface area contributed by atoms with Gasteiger partial charge in [-0.05, 0) is 38.0 Å². The first-order chi connectivity index (χ1) is 10.7. The molecule has 1 heterocycles. The zero-order valence-electron chi connectivity index (χ0n) is 13.5. The largest absolute Gasteiger partial charge is 0.313 e. The lowest BCUT2D eigenvalue weighted by Crippen LogP contribution is -2.33. The lowest BCUT2D eigenvalue weighted by molar-refractivity contribution is -0.697. The van der Waals surface area contributed by atoms with Crippen LogP contribution in [-0.2, 0) is 11.3 Å². The van der Waals surface area contributed by atoms with Gasteiger partial charge in [0.15, 0.2) is 12.4 Å². The number of benzene rings is 1. The van der Waals surface area contributed by atoms with E-state index in [0.717, 1.165) is 31.6 Å². The molecular weight excluding hydrogens is 272 g/mol. The maximum atomic E-state index is 12.4. The number of unbranched alkanes of at least 4 members (excludes halogenated alkanes) is 1. The van der Waals surface area contributed by atoms with Gasteiger partial charge < -0.3 is 4.90 Å². The second-order valence-corrected chi connectivity index (χ2v) is 5.55. The van der Waals surface area contributed by atoms with Crippen molar-refractivity contribution in [1.29, 1.82) is 0 Å². The van der Waals surface area contributed by atoms with Gasteiger partial charge >= 0.3 is 0 Å². The van der Waals surface area contributed by atoms with Crippen molar-refractivity contribution in [2.45, 2.75) is 39.7 Å². The van der Waals surface area contributed by atoms with Crippen LogP contribution in [0.3, 0.4) is 0 Å². The third kappa shape index (κ3) is 4.69. The van der Waals surface area contributed by atoms with Gasteiger partial charge in [-0.1, -0.05) is 18.2 Å². The summed E-state index contributed by atoms with van der Waals surface area (Å²) in [6.45, 7) is 5.76. The lowest BCUT2D eigenvalue weighted by Gasteiger charge is -2.21. The number of pyridine rings is 1. The van der Waals surface area contributed by atoms with Crippen molar-refractivity contribution >= 4 is 11.6 Å². The Hall–Kier alpha value is -2.16. The topological polar surface area (TPSA) is 24.2 Å². The van der Waals surface area contributed by atoms with E-state index in [2.05, 4.69) is 36.0 Å². The molecule has 0 saturated heterocycles. The molecule has 22 heavy (non-hydrogen) atoms. The van der Waals surface area contributed by atoms with Crippen LogP contribution in [0.4, 0.5) is 5.69 Å². The van der Waals surface area contributed by atoms with Crippen molar-refractivity contribution < 1.29 is 9.36 Å². The fourth-order valence-corrected chi connectivity index (χ4v) is 2.59. The Morgan fingerprint density at radius 3 is 2.55 bits per heavy atom. The zero-order chi connectivity index (χ0) is 15.8. The monoisotopic (exact) mass is 297 g/mol. The third-order valence-corrected chi connectivity index (χ3v) is 3.76. The molecule has 2 rings (SSSR count). The van der Waals surface area contributed by atoms with E-state index in [4.69, 9.17) is 0 Å². The summed E-state index contributed by atoms with van der Waals surface area (Å²) in [6, 6.07) is 14.2. The molecule has 2 aromatic rings. The van der Waals surface area contributed by atoms with Crippen LogP contribution in [-0.4, -0.2) is 12.5 Å². The van der Waals surface area contributed by atoms with Crippen molar-refractivity contribution in [3.05, 3.63) is 60.4 Å². The molecule has 0 N–H and O–H groups in total. The summed E-state index contributed by atoms with van der Waals surface area (Å²) < 4.78 is 2.16. The van der Waals surface area contributed by atoms with E-state index >= 15 is 0 Å². The molecule has 1 aromatic heterocycles. The first kappa shape index (κ1) is 16.2. The average Bonchev–Trinajstić information content (AvgIpc) is 2.53. The second kappa shape index (κ2) is 8.32. The number of rotatable bonds is 7. The highest BCUT2D eigenvalue weighted by atomic mass is 16.2. The molecule has 0 saturated carbocycles. The van der Waals surface area contributed by atoms with E-state index in [-0.39, 0.29) is 5.91 Å². The maximum absolute atomic E-state index is 12.4. The van der Waals surface area contributed by atoms with Gasteiger partial charge in [0.2, 0.25) is 5.91 Å². The van der Waals surface area contributed by atoms with Crippen molar-refractivity contribution in [1.82, 2.24) is 0 Å². The molecule has 0 bridgehead atoms. The summed E-state index contributed by atoms with van der Waals surface area (Å²) in [5.41, 5.74) is 2.19. The number of hydrogen-bond acceptors (Lipinski definition) is 1. The average molecular weight is 297 g/mol. The summed E-state index contributed by atoms with van der Waals surface area (Å²) in [6.07, 6.45) is 6.67. The van der Waals surface area contributed by atoms with Crippen LogP contribution in [0.2, 0.25) is 0 Å². The number of hydrogen-bond donors (Lipinski definition) is 0. The molecule has 3 heteroatoms. The molecule has 0 aliphatic carbocycles. The SMILES string of the molecule is CCN(C(=O)CCCC[n+]1ccccc1)c1cccc(C)c1. The summed E-state index contributed by atoms with van der Waals surface area (Å²) in [5.74, 6) is 0.214. The Balaban J connectivity index is 1.82. The highest BCUT2D eigenvalue weighted by molar-refractivity contribution is 5.93. The molecule has 0 spiro atoms. The van der Waals surface area contributed by atoms with Crippen LogP contribution in [0, 0.1) is 6.92 Å². The van der Waals surface area contributed by atoms with Gasteiger partial charge in [-0.15, -0.1) is 0 Å². The van der Waals surface area contributed by atoms with Crippen LogP contribution in [0.25, 0.3) is 0 Å².